The summed E-state index contributed by atoms with van der Waals surface area (Å²) in [7, 11) is 0. The zero-order chi connectivity index (χ0) is 17.1. The van der Waals surface area contributed by atoms with Crippen LogP contribution in [0.4, 0.5) is 5.82 Å². The van der Waals surface area contributed by atoms with Crippen LogP contribution in [0.3, 0.4) is 0 Å². The zero-order valence-electron chi connectivity index (χ0n) is 12.6. The predicted octanol–water partition coefficient (Wildman–Crippen LogP) is 4.36. The summed E-state index contributed by atoms with van der Waals surface area (Å²) in [5, 5.41) is 7.22. The van der Waals surface area contributed by atoms with Crippen LogP contribution in [0.25, 0.3) is 11.3 Å². The number of nitrogens with zero attached hydrogens (tertiary/aromatic N) is 3. The number of hydrogen-bond acceptors (Lipinski definition) is 5. The standard InChI is InChI=1S/C16H12BrClN4O2/c1-2-11-14(16(23)21-13-8-19-12(17)7-20-13)15(22-24-11)9-5-3-4-6-10(9)18/h3-8H,2H2,1H3,(H,20,21,23). The first-order valence-electron chi connectivity index (χ1n) is 7.12. The van der Waals surface area contributed by atoms with Gasteiger partial charge in [-0.1, -0.05) is 41.9 Å². The molecule has 3 rings (SSSR count). The molecule has 0 bridgehead atoms. The van der Waals surface area contributed by atoms with E-state index in [1.165, 1.54) is 12.4 Å². The van der Waals surface area contributed by atoms with Gasteiger partial charge in [-0.25, -0.2) is 9.97 Å². The molecule has 8 heteroatoms. The van der Waals surface area contributed by atoms with Crippen molar-refractivity contribution in [2.45, 2.75) is 13.3 Å². The normalized spacial score (nSPS) is 10.6. The third kappa shape index (κ3) is 3.32. The largest absolute Gasteiger partial charge is 0.360 e. The summed E-state index contributed by atoms with van der Waals surface area (Å²) >= 11 is 9.42. The lowest BCUT2D eigenvalue weighted by molar-refractivity contribution is 0.102. The van der Waals surface area contributed by atoms with Crippen LogP contribution in [-0.2, 0) is 6.42 Å². The SMILES string of the molecule is CCc1onc(-c2ccccc2Cl)c1C(=O)Nc1cnc(Br)cn1. The molecule has 0 saturated carbocycles. The summed E-state index contributed by atoms with van der Waals surface area (Å²) in [6.07, 6.45) is 3.47. The third-order valence-corrected chi connectivity index (χ3v) is 4.04. The molecular formula is C16H12BrClN4O2. The molecule has 3 aromatic rings. The van der Waals surface area contributed by atoms with E-state index in [1.54, 1.807) is 12.1 Å². The van der Waals surface area contributed by atoms with E-state index in [0.717, 1.165) is 0 Å². The number of halogens is 2. The highest BCUT2D eigenvalue weighted by Gasteiger charge is 2.24. The average Bonchev–Trinajstić information content (AvgIpc) is 3.01. The first-order chi connectivity index (χ1) is 11.6. The lowest BCUT2D eigenvalue weighted by Gasteiger charge is -2.06. The number of hydrogen-bond donors (Lipinski definition) is 1. The molecule has 0 atom stereocenters. The van der Waals surface area contributed by atoms with E-state index in [4.69, 9.17) is 16.1 Å². The number of aryl methyl sites for hydroxylation is 1. The number of anilines is 1. The number of aromatic nitrogens is 3. The Labute approximate surface area is 151 Å². The molecule has 6 nitrogen and oxygen atoms in total. The second-order valence-corrected chi connectivity index (χ2v) is 6.06. The zero-order valence-corrected chi connectivity index (χ0v) is 14.9. The fourth-order valence-corrected chi connectivity index (χ4v) is 2.62. The van der Waals surface area contributed by atoms with Crippen molar-refractivity contribution in [2.75, 3.05) is 5.32 Å². The van der Waals surface area contributed by atoms with Crippen LogP contribution in [0.5, 0.6) is 0 Å². The number of carbonyl (C=O) groups excluding carboxylic acids is 1. The maximum atomic E-state index is 12.7. The van der Waals surface area contributed by atoms with Gasteiger partial charge in [0.15, 0.2) is 5.82 Å². The van der Waals surface area contributed by atoms with Crippen molar-refractivity contribution in [3.63, 3.8) is 0 Å². The highest BCUT2D eigenvalue weighted by atomic mass is 79.9. The number of benzene rings is 1. The van der Waals surface area contributed by atoms with Gasteiger partial charge in [-0.15, -0.1) is 0 Å². The minimum Gasteiger partial charge on any atom is -0.360 e. The van der Waals surface area contributed by atoms with Gasteiger partial charge in [0.05, 0.1) is 17.4 Å². The molecule has 2 heterocycles. The quantitative estimate of drug-likeness (QED) is 0.695. The molecule has 1 N–H and O–H groups in total. The fourth-order valence-electron chi connectivity index (χ4n) is 2.19. The van der Waals surface area contributed by atoms with Gasteiger partial charge >= 0.3 is 0 Å². The third-order valence-electron chi connectivity index (χ3n) is 3.30. The number of rotatable bonds is 4. The maximum Gasteiger partial charge on any atom is 0.262 e. The lowest BCUT2D eigenvalue weighted by Crippen LogP contribution is -2.15. The molecule has 1 amide bonds. The molecule has 0 spiro atoms. The summed E-state index contributed by atoms with van der Waals surface area (Å²) in [4.78, 5) is 20.8. The summed E-state index contributed by atoms with van der Waals surface area (Å²) < 4.78 is 5.90. The Morgan fingerprint density at radius 3 is 2.75 bits per heavy atom. The molecule has 24 heavy (non-hydrogen) atoms. The van der Waals surface area contributed by atoms with Crippen molar-refractivity contribution in [3.05, 3.63) is 57.6 Å². The monoisotopic (exact) mass is 406 g/mol. The van der Waals surface area contributed by atoms with Crippen LogP contribution in [0.2, 0.25) is 5.02 Å². The van der Waals surface area contributed by atoms with Gasteiger partial charge < -0.3 is 9.84 Å². The van der Waals surface area contributed by atoms with Crippen molar-refractivity contribution in [3.8, 4) is 11.3 Å². The second-order valence-electron chi connectivity index (χ2n) is 4.84. The summed E-state index contributed by atoms with van der Waals surface area (Å²) in [5.74, 6) is 0.434. The van der Waals surface area contributed by atoms with Crippen LogP contribution >= 0.6 is 27.5 Å². The average molecular weight is 408 g/mol. The molecule has 0 radical (unpaired) electrons. The van der Waals surface area contributed by atoms with Gasteiger partial charge in [-0.3, -0.25) is 4.79 Å². The number of carbonyl (C=O) groups is 1. The first-order valence-corrected chi connectivity index (χ1v) is 8.29. The minimum atomic E-state index is -0.375. The molecule has 122 valence electrons. The molecule has 1 aromatic carbocycles. The van der Waals surface area contributed by atoms with Crippen LogP contribution in [0, 0.1) is 0 Å². The Balaban J connectivity index is 2.00. The summed E-state index contributed by atoms with van der Waals surface area (Å²) in [6.45, 7) is 1.88. The number of nitrogens with one attached hydrogen (secondary N) is 1. The molecule has 0 unspecified atom stereocenters. The van der Waals surface area contributed by atoms with Crippen molar-refractivity contribution in [2.24, 2.45) is 0 Å². The first kappa shape index (κ1) is 16.6. The van der Waals surface area contributed by atoms with E-state index < -0.39 is 0 Å². The molecule has 0 saturated heterocycles. The van der Waals surface area contributed by atoms with Crippen molar-refractivity contribution >= 4 is 39.3 Å². The van der Waals surface area contributed by atoms with Crippen molar-refractivity contribution < 1.29 is 9.32 Å². The highest BCUT2D eigenvalue weighted by Crippen LogP contribution is 2.31. The lowest BCUT2D eigenvalue weighted by atomic mass is 10.0. The second kappa shape index (κ2) is 7.11. The maximum absolute atomic E-state index is 12.7. The Hall–Kier alpha value is -2.25. The van der Waals surface area contributed by atoms with Crippen molar-refractivity contribution in [1.82, 2.24) is 15.1 Å². The summed E-state index contributed by atoms with van der Waals surface area (Å²) in [5.41, 5.74) is 1.38. The molecule has 0 aliphatic heterocycles. The highest BCUT2D eigenvalue weighted by molar-refractivity contribution is 9.10. The summed E-state index contributed by atoms with van der Waals surface area (Å²) in [6, 6.07) is 7.15. The Bertz CT molecular complexity index is 880. The van der Waals surface area contributed by atoms with Gasteiger partial charge in [0.2, 0.25) is 0 Å². The van der Waals surface area contributed by atoms with E-state index in [1.807, 2.05) is 19.1 Å². The molecule has 0 fully saturated rings. The minimum absolute atomic E-state index is 0.330. The number of amides is 1. The molecule has 0 aliphatic rings. The van der Waals surface area contributed by atoms with Gasteiger partial charge in [-0.05, 0) is 22.0 Å². The Kier molecular flexibility index (Phi) is 4.92. The van der Waals surface area contributed by atoms with E-state index in [9.17, 15) is 4.79 Å². The molecule has 0 aliphatic carbocycles. The van der Waals surface area contributed by atoms with Gasteiger partial charge in [0.1, 0.15) is 21.6 Å². The van der Waals surface area contributed by atoms with E-state index >= 15 is 0 Å². The Morgan fingerprint density at radius 1 is 1.29 bits per heavy atom. The van der Waals surface area contributed by atoms with E-state index in [-0.39, 0.29) is 5.91 Å². The van der Waals surface area contributed by atoms with Crippen LogP contribution in [0.1, 0.15) is 23.0 Å². The molecule has 2 aromatic heterocycles. The predicted molar refractivity (Wildman–Crippen MR) is 94.0 cm³/mol. The smallest absolute Gasteiger partial charge is 0.262 e. The van der Waals surface area contributed by atoms with Crippen molar-refractivity contribution in [1.29, 1.82) is 0 Å². The Morgan fingerprint density at radius 2 is 2.08 bits per heavy atom. The molecular weight excluding hydrogens is 396 g/mol. The van der Waals surface area contributed by atoms with Crippen LogP contribution < -0.4 is 5.32 Å². The fraction of sp³-hybridized carbons (Fsp3) is 0.125. The van der Waals surface area contributed by atoms with E-state index in [0.29, 0.717) is 44.4 Å². The van der Waals surface area contributed by atoms with Crippen LogP contribution in [0.15, 0.2) is 45.8 Å². The van der Waals surface area contributed by atoms with Gasteiger partial charge in [-0.2, -0.15) is 0 Å². The van der Waals surface area contributed by atoms with Gasteiger partial charge in [0, 0.05) is 12.0 Å². The van der Waals surface area contributed by atoms with E-state index in [2.05, 4.69) is 36.4 Å². The van der Waals surface area contributed by atoms with Crippen LogP contribution in [-0.4, -0.2) is 21.0 Å². The van der Waals surface area contributed by atoms with Gasteiger partial charge in [0.25, 0.3) is 5.91 Å². The topological polar surface area (TPSA) is 80.9 Å².